The second-order valence-corrected chi connectivity index (χ2v) is 5.38. The van der Waals surface area contributed by atoms with Gasteiger partial charge in [0.1, 0.15) is 0 Å². The Bertz CT molecular complexity index is 421. The van der Waals surface area contributed by atoms with E-state index in [2.05, 4.69) is 11.9 Å². The summed E-state index contributed by atoms with van der Waals surface area (Å²) < 4.78 is 18.7. The van der Waals surface area contributed by atoms with Gasteiger partial charge in [0.05, 0.1) is 7.11 Å². The highest BCUT2D eigenvalue weighted by atomic mass is 19.1. The molecule has 1 saturated carbocycles. The van der Waals surface area contributed by atoms with Crippen LogP contribution in [0.25, 0.3) is 0 Å². The lowest BCUT2D eigenvalue weighted by Gasteiger charge is -2.34. The lowest BCUT2D eigenvalue weighted by atomic mass is 9.85. The van der Waals surface area contributed by atoms with Crippen molar-refractivity contribution >= 4 is 0 Å². The van der Waals surface area contributed by atoms with Gasteiger partial charge in [0.25, 0.3) is 0 Å². The van der Waals surface area contributed by atoms with E-state index in [0.29, 0.717) is 6.54 Å². The van der Waals surface area contributed by atoms with Crippen LogP contribution in [0.1, 0.15) is 30.9 Å². The van der Waals surface area contributed by atoms with Crippen LogP contribution in [-0.2, 0) is 0 Å². The average molecular weight is 266 g/mol. The van der Waals surface area contributed by atoms with Gasteiger partial charge < -0.3 is 10.5 Å². The molecule has 0 saturated heterocycles. The number of nitrogens with two attached hydrogens (primary N) is 1. The number of nitrogens with zero attached hydrogens (tertiary/aromatic N) is 1. The summed E-state index contributed by atoms with van der Waals surface area (Å²) in [5, 5.41) is 0. The van der Waals surface area contributed by atoms with Crippen LogP contribution in [0.2, 0.25) is 0 Å². The molecule has 1 aliphatic rings. The Labute approximate surface area is 114 Å². The molecular weight excluding hydrogens is 243 g/mol. The van der Waals surface area contributed by atoms with Crippen LogP contribution in [0, 0.1) is 11.7 Å². The maximum absolute atomic E-state index is 13.8. The Hall–Kier alpha value is -1.13. The second-order valence-electron chi connectivity index (χ2n) is 5.38. The first-order valence-electron chi connectivity index (χ1n) is 6.89. The third-order valence-electron chi connectivity index (χ3n) is 4.09. The molecule has 19 heavy (non-hydrogen) atoms. The number of hydrogen-bond donors (Lipinski definition) is 1. The molecule has 3 nitrogen and oxygen atoms in total. The quantitative estimate of drug-likeness (QED) is 0.860. The summed E-state index contributed by atoms with van der Waals surface area (Å²) in [5.74, 6) is 0.735. The minimum atomic E-state index is -0.324. The lowest BCUT2D eigenvalue weighted by molar-refractivity contribution is 0.164. The molecule has 0 aromatic heterocycles. The standard InChI is InChI=1S/C15H23FN2O/c1-18(10-11-4-3-5-11)14(9-17)12-6-7-15(19-2)13(16)8-12/h6-8,11,14H,3-5,9-10,17H2,1-2H3. The second kappa shape index (κ2) is 6.35. The average Bonchev–Trinajstić information content (AvgIpc) is 2.35. The van der Waals surface area contributed by atoms with Gasteiger partial charge in [-0.25, -0.2) is 4.39 Å². The molecule has 1 atom stereocenters. The van der Waals surface area contributed by atoms with E-state index in [4.69, 9.17) is 10.5 Å². The molecule has 106 valence electrons. The van der Waals surface area contributed by atoms with Gasteiger partial charge in [-0.15, -0.1) is 0 Å². The number of hydrogen-bond acceptors (Lipinski definition) is 3. The third-order valence-corrected chi connectivity index (χ3v) is 4.09. The van der Waals surface area contributed by atoms with Crippen molar-refractivity contribution in [3.8, 4) is 5.75 Å². The van der Waals surface area contributed by atoms with Crippen molar-refractivity contribution in [1.82, 2.24) is 4.90 Å². The third kappa shape index (κ3) is 3.25. The summed E-state index contributed by atoms with van der Waals surface area (Å²) in [5.41, 5.74) is 6.79. The van der Waals surface area contributed by atoms with Crippen molar-refractivity contribution in [1.29, 1.82) is 0 Å². The largest absolute Gasteiger partial charge is 0.494 e. The van der Waals surface area contributed by atoms with Gasteiger partial charge in [-0.05, 0) is 43.5 Å². The maximum Gasteiger partial charge on any atom is 0.165 e. The van der Waals surface area contributed by atoms with Gasteiger partial charge >= 0.3 is 0 Å². The van der Waals surface area contributed by atoms with E-state index in [0.717, 1.165) is 18.0 Å². The van der Waals surface area contributed by atoms with Crippen LogP contribution in [0.15, 0.2) is 18.2 Å². The van der Waals surface area contributed by atoms with Gasteiger partial charge in [0.15, 0.2) is 11.6 Å². The van der Waals surface area contributed by atoms with E-state index in [1.807, 2.05) is 6.07 Å². The Kier molecular flexibility index (Phi) is 4.77. The first-order chi connectivity index (χ1) is 9.15. The molecule has 0 spiro atoms. The minimum absolute atomic E-state index is 0.0704. The Morgan fingerprint density at radius 3 is 2.68 bits per heavy atom. The molecule has 2 N–H and O–H groups in total. The van der Waals surface area contributed by atoms with Gasteiger partial charge in [-0.2, -0.15) is 0 Å². The Morgan fingerprint density at radius 2 is 2.21 bits per heavy atom. The molecule has 0 amide bonds. The van der Waals surface area contributed by atoms with Crippen molar-refractivity contribution in [3.05, 3.63) is 29.6 Å². The highest BCUT2D eigenvalue weighted by molar-refractivity contribution is 5.31. The van der Waals surface area contributed by atoms with E-state index in [9.17, 15) is 4.39 Å². The number of halogens is 1. The number of benzene rings is 1. The predicted octanol–water partition coefficient (Wildman–Crippen LogP) is 2.57. The van der Waals surface area contributed by atoms with E-state index < -0.39 is 0 Å². The zero-order valence-electron chi connectivity index (χ0n) is 11.7. The van der Waals surface area contributed by atoms with Crippen LogP contribution in [-0.4, -0.2) is 32.1 Å². The van der Waals surface area contributed by atoms with Gasteiger partial charge in [-0.1, -0.05) is 12.5 Å². The molecule has 0 bridgehead atoms. The smallest absolute Gasteiger partial charge is 0.165 e. The SMILES string of the molecule is COc1ccc(C(CN)N(C)CC2CCC2)cc1F. The topological polar surface area (TPSA) is 38.5 Å². The summed E-state index contributed by atoms with van der Waals surface area (Å²) >= 11 is 0. The highest BCUT2D eigenvalue weighted by Crippen LogP contribution is 2.30. The van der Waals surface area contributed by atoms with E-state index >= 15 is 0 Å². The molecule has 1 aromatic carbocycles. The van der Waals surface area contributed by atoms with Crippen LogP contribution >= 0.6 is 0 Å². The monoisotopic (exact) mass is 266 g/mol. The first-order valence-corrected chi connectivity index (χ1v) is 6.89. The molecule has 1 aromatic rings. The Balaban J connectivity index is 2.09. The molecule has 4 heteroatoms. The number of rotatable bonds is 6. The fourth-order valence-corrected chi connectivity index (χ4v) is 2.67. The van der Waals surface area contributed by atoms with Crippen molar-refractivity contribution in [2.75, 3.05) is 27.2 Å². The molecule has 1 aliphatic carbocycles. The van der Waals surface area contributed by atoms with E-state index in [-0.39, 0.29) is 17.6 Å². The molecule has 1 fully saturated rings. The van der Waals surface area contributed by atoms with Crippen molar-refractivity contribution < 1.29 is 9.13 Å². The summed E-state index contributed by atoms with van der Waals surface area (Å²) in [6, 6.07) is 5.18. The fraction of sp³-hybridized carbons (Fsp3) is 0.600. The summed E-state index contributed by atoms with van der Waals surface area (Å²) in [7, 11) is 3.54. The van der Waals surface area contributed by atoms with E-state index in [1.165, 1.54) is 32.4 Å². The number of likely N-dealkylation sites (N-methyl/N-ethyl adjacent to an activating group) is 1. The molecule has 0 radical (unpaired) electrons. The predicted molar refractivity (Wildman–Crippen MR) is 74.7 cm³/mol. The zero-order chi connectivity index (χ0) is 13.8. The van der Waals surface area contributed by atoms with Gasteiger partial charge in [0, 0.05) is 19.1 Å². The van der Waals surface area contributed by atoms with Crippen molar-refractivity contribution in [2.45, 2.75) is 25.3 Å². The molecule has 1 unspecified atom stereocenters. The molecule has 2 rings (SSSR count). The maximum atomic E-state index is 13.8. The lowest BCUT2D eigenvalue weighted by Crippen LogP contribution is -2.36. The minimum Gasteiger partial charge on any atom is -0.494 e. The number of ether oxygens (including phenoxy) is 1. The summed E-state index contributed by atoms with van der Waals surface area (Å²) in [6.07, 6.45) is 3.94. The molecular formula is C15H23FN2O. The van der Waals surface area contributed by atoms with Crippen LogP contribution in [0.4, 0.5) is 4.39 Å². The van der Waals surface area contributed by atoms with Crippen LogP contribution < -0.4 is 10.5 Å². The van der Waals surface area contributed by atoms with Gasteiger partial charge in [-0.3, -0.25) is 4.90 Å². The fourth-order valence-electron chi connectivity index (χ4n) is 2.67. The Morgan fingerprint density at radius 1 is 1.47 bits per heavy atom. The number of methoxy groups -OCH3 is 1. The molecule has 0 heterocycles. The van der Waals surface area contributed by atoms with Gasteiger partial charge in [0.2, 0.25) is 0 Å². The van der Waals surface area contributed by atoms with Crippen LogP contribution in [0.5, 0.6) is 5.75 Å². The first kappa shape index (κ1) is 14.3. The summed E-state index contributed by atoms with van der Waals surface area (Å²) in [6.45, 7) is 1.53. The van der Waals surface area contributed by atoms with E-state index in [1.54, 1.807) is 6.07 Å². The highest BCUT2D eigenvalue weighted by Gasteiger charge is 2.23. The zero-order valence-corrected chi connectivity index (χ0v) is 11.7. The van der Waals surface area contributed by atoms with Crippen molar-refractivity contribution in [2.24, 2.45) is 11.7 Å². The molecule has 0 aliphatic heterocycles. The normalized spacial score (nSPS) is 17.3. The van der Waals surface area contributed by atoms with Crippen molar-refractivity contribution in [3.63, 3.8) is 0 Å². The van der Waals surface area contributed by atoms with Crippen LogP contribution in [0.3, 0.4) is 0 Å². The summed E-state index contributed by atoms with van der Waals surface area (Å²) in [4.78, 5) is 2.24.